The molecule has 0 bridgehead atoms. The molecular weight excluding hydrogens is 156 g/mol. The molecule has 2 rings (SSSR count). The summed E-state index contributed by atoms with van der Waals surface area (Å²) in [4.78, 5) is 22.3. The number of urea groups is 1. The summed E-state index contributed by atoms with van der Waals surface area (Å²) >= 11 is 0. The molecule has 1 atom stereocenters. The monoisotopic (exact) mass is 168 g/mol. The second-order valence-corrected chi connectivity index (χ2v) is 3.51. The molecule has 0 spiro atoms. The van der Waals surface area contributed by atoms with Crippen LogP contribution in [-0.4, -0.2) is 17.5 Å². The fraction of sp³-hybridized carbons (Fsp3) is 0.750. The van der Waals surface area contributed by atoms with Crippen LogP contribution in [0, 0.1) is 5.92 Å². The molecular formula is C8H12N2O2. The summed E-state index contributed by atoms with van der Waals surface area (Å²) in [5.74, 6) is 0.228. The SMILES string of the molecule is CC[C@]1(C2CC2)NC(=O)NC1=O. The van der Waals surface area contributed by atoms with Gasteiger partial charge in [-0.1, -0.05) is 6.92 Å². The van der Waals surface area contributed by atoms with Gasteiger partial charge in [0.15, 0.2) is 0 Å². The van der Waals surface area contributed by atoms with Gasteiger partial charge in [0.2, 0.25) is 0 Å². The Morgan fingerprint density at radius 2 is 2.17 bits per heavy atom. The lowest BCUT2D eigenvalue weighted by Crippen LogP contribution is -2.48. The zero-order valence-corrected chi connectivity index (χ0v) is 7.02. The molecule has 12 heavy (non-hydrogen) atoms. The molecule has 0 aromatic heterocycles. The van der Waals surface area contributed by atoms with Crippen LogP contribution in [0.5, 0.6) is 0 Å². The first-order valence-electron chi connectivity index (χ1n) is 4.32. The molecule has 66 valence electrons. The molecule has 1 aliphatic heterocycles. The van der Waals surface area contributed by atoms with E-state index < -0.39 is 5.54 Å². The topological polar surface area (TPSA) is 58.2 Å². The van der Waals surface area contributed by atoms with E-state index in [1.54, 1.807) is 0 Å². The molecule has 0 radical (unpaired) electrons. The highest BCUT2D eigenvalue weighted by Gasteiger charge is 2.54. The van der Waals surface area contributed by atoms with Crippen LogP contribution in [-0.2, 0) is 4.79 Å². The highest BCUT2D eigenvalue weighted by molar-refractivity contribution is 6.07. The van der Waals surface area contributed by atoms with Gasteiger partial charge in [-0.05, 0) is 25.2 Å². The van der Waals surface area contributed by atoms with Crippen LogP contribution in [0.1, 0.15) is 26.2 Å². The Kier molecular flexibility index (Phi) is 1.40. The van der Waals surface area contributed by atoms with Crippen molar-refractivity contribution >= 4 is 11.9 Å². The number of imide groups is 1. The van der Waals surface area contributed by atoms with E-state index in [1.807, 2.05) is 6.92 Å². The lowest BCUT2D eigenvalue weighted by Gasteiger charge is -2.23. The third kappa shape index (κ3) is 0.838. The summed E-state index contributed by atoms with van der Waals surface area (Å²) in [6, 6.07) is -0.339. The Bertz CT molecular complexity index is 247. The van der Waals surface area contributed by atoms with Gasteiger partial charge < -0.3 is 5.32 Å². The second-order valence-electron chi connectivity index (χ2n) is 3.51. The van der Waals surface area contributed by atoms with Crippen molar-refractivity contribution in [3.8, 4) is 0 Å². The summed E-state index contributed by atoms with van der Waals surface area (Å²) in [6.07, 6.45) is 2.80. The van der Waals surface area contributed by atoms with Gasteiger partial charge in [-0.3, -0.25) is 10.1 Å². The third-order valence-corrected chi connectivity index (χ3v) is 2.80. The molecule has 1 heterocycles. The molecule has 4 nitrogen and oxygen atoms in total. The number of amides is 3. The van der Waals surface area contributed by atoms with Gasteiger partial charge in [0, 0.05) is 0 Å². The third-order valence-electron chi connectivity index (χ3n) is 2.80. The van der Waals surface area contributed by atoms with E-state index in [-0.39, 0.29) is 11.9 Å². The van der Waals surface area contributed by atoms with Crippen molar-refractivity contribution < 1.29 is 9.59 Å². The molecule has 1 saturated carbocycles. The Hall–Kier alpha value is -1.06. The van der Waals surface area contributed by atoms with E-state index in [0.29, 0.717) is 12.3 Å². The Morgan fingerprint density at radius 3 is 2.50 bits per heavy atom. The summed E-state index contributed by atoms with van der Waals surface area (Å²) in [7, 11) is 0. The van der Waals surface area contributed by atoms with Crippen LogP contribution in [0.3, 0.4) is 0 Å². The second kappa shape index (κ2) is 2.21. The molecule has 0 aromatic carbocycles. The summed E-state index contributed by atoms with van der Waals surface area (Å²) in [5.41, 5.74) is -0.572. The van der Waals surface area contributed by atoms with Crippen molar-refractivity contribution in [2.75, 3.05) is 0 Å². The molecule has 0 aromatic rings. The first-order chi connectivity index (χ1) is 5.69. The van der Waals surface area contributed by atoms with E-state index >= 15 is 0 Å². The van der Waals surface area contributed by atoms with Crippen molar-refractivity contribution in [1.82, 2.24) is 10.6 Å². The first-order valence-corrected chi connectivity index (χ1v) is 4.32. The normalized spacial score (nSPS) is 34.8. The number of hydrogen-bond donors (Lipinski definition) is 2. The van der Waals surface area contributed by atoms with Crippen molar-refractivity contribution in [2.45, 2.75) is 31.7 Å². The van der Waals surface area contributed by atoms with Crippen molar-refractivity contribution in [1.29, 1.82) is 0 Å². The Balaban J connectivity index is 2.26. The van der Waals surface area contributed by atoms with Crippen LogP contribution in [0.25, 0.3) is 0 Å². The van der Waals surface area contributed by atoms with Crippen LogP contribution in [0.4, 0.5) is 4.79 Å². The van der Waals surface area contributed by atoms with Gasteiger partial charge in [0.05, 0.1) is 0 Å². The molecule has 4 heteroatoms. The van der Waals surface area contributed by atoms with Crippen LogP contribution < -0.4 is 10.6 Å². The minimum absolute atomic E-state index is 0.141. The maximum atomic E-state index is 11.4. The Morgan fingerprint density at radius 1 is 1.50 bits per heavy atom. The fourth-order valence-corrected chi connectivity index (χ4v) is 1.91. The van der Waals surface area contributed by atoms with Crippen molar-refractivity contribution in [2.24, 2.45) is 5.92 Å². The van der Waals surface area contributed by atoms with E-state index in [2.05, 4.69) is 10.6 Å². The van der Waals surface area contributed by atoms with Gasteiger partial charge in [0.1, 0.15) is 5.54 Å². The Labute approximate surface area is 70.7 Å². The number of nitrogens with one attached hydrogen (secondary N) is 2. The minimum Gasteiger partial charge on any atom is -0.323 e. The standard InChI is InChI=1S/C8H12N2O2/c1-2-8(5-3-4-5)6(11)9-7(12)10-8/h5H,2-4H2,1H3,(H2,9,10,11,12)/t8-/m1/s1. The van der Waals surface area contributed by atoms with E-state index in [0.717, 1.165) is 12.8 Å². The zero-order chi connectivity index (χ0) is 8.77. The highest BCUT2D eigenvalue weighted by atomic mass is 16.2. The average molecular weight is 168 g/mol. The first kappa shape index (κ1) is 7.58. The number of hydrogen-bond acceptors (Lipinski definition) is 2. The van der Waals surface area contributed by atoms with E-state index in [9.17, 15) is 9.59 Å². The van der Waals surface area contributed by atoms with Gasteiger partial charge in [-0.25, -0.2) is 4.79 Å². The minimum atomic E-state index is -0.572. The van der Waals surface area contributed by atoms with Gasteiger partial charge in [0.25, 0.3) is 5.91 Å². The van der Waals surface area contributed by atoms with Gasteiger partial charge >= 0.3 is 6.03 Å². The molecule has 3 amide bonds. The number of rotatable bonds is 2. The zero-order valence-electron chi connectivity index (χ0n) is 7.02. The quantitative estimate of drug-likeness (QED) is 0.586. The lowest BCUT2D eigenvalue weighted by molar-refractivity contribution is -0.124. The summed E-state index contributed by atoms with van der Waals surface area (Å²) in [6.45, 7) is 1.93. The van der Waals surface area contributed by atoms with Crippen molar-refractivity contribution in [3.63, 3.8) is 0 Å². The van der Waals surface area contributed by atoms with Crippen molar-refractivity contribution in [3.05, 3.63) is 0 Å². The number of carbonyl (C=O) groups excluding carboxylic acids is 2. The number of carbonyl (C=O) groups is 2. The van der Waals surface area contributed by atoms with E-state index in [4.69, 9.17) is 0 Å². The fourth-order valence-electron chi connectivity index (χ4n) is 1.91. The van der Waals surface area contributed by atoms with Gasteiger partial charge in [-0.15, -0.1) is 0 Å². The molecule has 2 fully saturated rings. The molecule has 0 unspecified atom stereocenters. The van der Waals surface area contributed by atoms with E-state index in [1.165, 1.54) is 0 Å². The summed E-state index contributed by atoms with van der Waals surface area (Å²) in [5, 5.41) is 5.02. The molecule has 1 saturated heterocycles. The van der Waals surface area contributed by atoms with Gasteiger partial charge in [-0.2, -0.15) is 0 Å². The lowest BCUT2D eigenvalue weighted by atomic mass is 9.90. The maximum absolute atomic E-state index is 11.4. The highest BCUT2D eigenvalue weighted by Crippen LogP contribution is 2.42. The van der Waals surface area contributed by atoms with Crippen LogP contribution in [0.15, 0.2) is 0 Å². The van der Waals surface area contributed by atoms with Crippen LogP contribution in [0.2, 0.25) is 0 Å². The average Bonchev–Trinajstić information content (AvgIpc) is 2.79. The summed E-state index contributed by atoms with van der Waals surface area (Å²) < 4.78 is 0. The largest absolute Gasteiger partial charge is 0.323 e. The predicted octanol–water partition coefficient (Wildman–Crippen LogP) is 0.385. The smallest absolute Gasteiger partial charge is 0.322 e. The predicted molar refractivity (Wildman–Crippen MR) is 42.4 cm³/mol. The maximum Gasteiger partial charge on any atom is 0.322 e. The van der Waals surface area contributed by atoms with Crippen LogP contribution >= 0.6 is 0 Å². The molecule has 1 aliphatic carbocycles. The molecule has 2 N–H and O–H groups in total. The molecule has 2 aliphatic rings.